The highest BCUT2D eigenvalue weighted by Gasteiger charge is 2.26. The summed E-state index contributed by atoms with van der Waals surface area (Å²) in [5.41, 5.74) is 4.32. The topological polar surface area (TPSA) is 79.2 Å². The molecule has 0 heterocycles. The average molecular weight is 513 g/mol. The molecule has 0 aromatic heterocycles. The van der Waals surface area contributed by atoms with Gasteiger partial charge in [0, 0.05) is 10.8 Å². The van der Waals surface area contributed by atoms with Crippen molar-refractivity contribution in [2.45, 2.75) is 50.7 Å². The summed E-state index contributed by atoms with van der Waals surface area (Å²) < 4.78 is 11.1. The molecule has 194 valence electrons. The molecule has 3 rings (SSSR count). The van der Waals surface area contributed by atoms with Gasteiger partial charge < -0.3 is 24.8 Å². The summed E-state index contributed by atoms with van der Waals surface area (Å²) in [6, 6.07) is 24.6. The van der Waals surface area contributed by atoms with E-state index in [4.69, 9.17) is 26.2 Å². The van der Waals surface area contributed by atoms with Gasteiger partial charge >= 0.3 is 0 Å². The fourth-order valence-corrected chi connectivity index (χ4v) is 4.14. The van der Waals surface area contributed by atoms with Crippen LogP contribution in [0.2, 0.25) is 0 Å². The Hall–Kier alpha value is -2.57. The molecular formula is C30H37ClO5. The van der Waals surface area contributed by atoms with Gasteiger partial charge in [0.25, 0.3) is 0 Å². The van der Waals surface area contributed by atoms with E-state index in [1.807, 2.05) is 36.4 Å². The summed E-state index contributed by atoms with van der Waals surface area (Å²) in [5, 5.41) is 28.0. The Morgan fingerprint density at radius 3 is 1.22 bits per heavy atom. The highest BCUT2D eigenvalue weighted by atomic mass is 35.5. The van der Waals surface area contributed by atoms with E-state index in [0.29, 0.717) is 11.5 Å². The largest absolute Gasteiger partial charge is 0.491 e. The van der Waals surface area contributed by atoms with Crippen LogP contribution < -0.4 is 9.47 Å². The Balaban J connectivity index is 1.71. The Morgan fingerprint density at radius 1 is 0.611 bits per heavy atom. The van der Waals surface area contributed by atoms with Crippen LogP contribution in [0.1, 0.15) is 49.9 Å². The number of aliphatic hydroxyl groups excluding tert-OH is 3. The van der Waals surface area contributed by atoms with Crippen molar-refractivity contribution in [2.75, 3.05) is 25.7 Å². The third kappa shape index (κ3) is 6.80. The smallest absolute Gasteiger partial charge is 0.119 e. The number of aliphatic hydroxyl groups is 3. The van der Waals surface area contributed by atoms with Crippen LogP contribution in [-0.4, -0.2) is 53.2 Å². The highest BCUT2D eigenvalue weighted by molar-refractivity contribution is 6.18. The maximum Gasteiger partial charge on any atom is 0.119 e. The van der Waals surface area contributed by atoms with Crippen LogP contribution in [0, 0.1) is 0 Å². The highest BCUT2D eigenvalue weighted by Crippen LogP contribution is 2.36. The Morgan fingerprint density at radius 2 is 0.917 bits per heavy atom. The lowest BCUT2D eigenvalue weighted by atomic mass is 9.74. The van der Waals surface area contributed by atoms with Gasteiger partial charge in [0.15, 0.2) is 0 Å². The van der Waals surface area contributed by atoms with Crippen molar-refractivity contribution >= 4 is 11.6 Å². The SMILES string of the molecule is CC(C)(c1ccc(OCC(O)CO)cc1)c1ccc(C(C)(C)c2ccc(OCC(O)CCl)cc2)cc1. The molecule has 0 aliphatic carbocycles. The zero-order chi connectivity index (χ0) is 26.3. The number of rotatable bonds is 12. The number of hydrogen-bond donors (Lipinski definition) is 3. The summed E-state index contributed by atoms with van der Waals surface area (Å²) in [6.45, 7) is 8.70. The van der Waals surface area contributed by atoms with E-state index in [9.17, 15) is 10.2 Å². The van der Waals surface area contributed by atoms with Gasteiger partial charge in [0.1, 0.15) is 36.9 Å². The van der Waals surface area contributed by atoms with E-state index < -0.39 is 12.2 Å². The van der Waals surface area contributed by atoms with E-state index >= 15 is 0 Å². The average Bonchev–Trinajstić information content (AvgIpc) is 2.90. The maximum atomic E-state index is 9.59. The van der Waals surface area contributed by atoms with Gasteiger partial charge in [0.2, 0.25) is 0 Å². The summed E-state index contributed by atoms with van der Waals surface area (Å²) in [4.78, 5) is 0. The molecule has 0 aliphatic heterocycles. The van der Waals surface area contributed by atoms with Crippen LogP contribution in [0.5, 0.6) is 11.5 Å². The minimum Gasteiger partial charge on any atom is -0.491 e. The molecule has 3 N–H and O–H groups in total. The van der Waals surface area contributed by atoms with Gasteiger partial charge in [-0.2, -0.15) is 0 Å². The second kappa shape index (κ2) is 12.1. The molecule has 2 unspecified atom stereocenters. The Labute approximate surface area is 219 Å². The lowest BCUT2D eigenvalue weighted by molar-refractivity contribution is 0.0536. The van der Waals surface area contributed by atoms with Crippen LogP contribution in [0.25, 0.3) is 0 Å². The van der Waals surface area contributed by atoms with E-state index in [2.05, 4.69) is 64.1 Å². The molecular weight excluding hydrogens is 476 g/mol. The van der Waals surface area contributed by atoms with Gasteiger partial charge in [-0.05, 0) is 46.5 Å². The fourth-order valence-electron chi connectivity index (χ4n) is 4.05. The van der Waals surface area contributed by atoms with E-state index in [-0.39, 0.29) is 36.5 Å². The van der Waals surface area contributed by atoms with Gasteiger partial charge in [-0.1, -0.05) is 76.2 Å². The van der Waals surface area contributed by atoms with Crippen molar-refractivity contribution in [1.29, 1.82) is 0 Å². The van der Waals surface area contributed by atoms with Crippen LogP contribution in [0.3, 0.4) is 0 Å². The van der Waals surface area contributed by atoms with Crippen molar-refractivity contribution < 1.29 is 24.8 Å². The molecule has 0 saturated carbocycles. The molecule has 0 bridgehead atoms. The third-order valence-electron chi connectivity index (χ3n) is 6.75. The summed E-state index contributed by atoms with van der Waals surface area (Å²) in [6.07, 6.45) is -1.56. The molecule has 0 fully saturated rings. The molecule has 2 atom stereocenters. The molecule has 0 radical (unpaired) electrons. The van der Waals surface area contributed by atoms with Crippen molar-refractivity contribution in [3.63, 3.8) is 0 Å². The van der Waals surface area contributed by atoms with Gasteiger partial charge in [0.05, 0.1) is 12.5 Å². The lowest BCUT2D eigenvalue weighted by Crippen LogP contribution is -2.22. The zero-order valence-electron chi connectivity index (χ0n) is 21.4. The van der Waals surface area contributed by atoms with Crippen LogP contribution in [0.15, 0.2) is 72.8 Å². The fraction of sp³-hybridized carbons (Fsp3) is 0.400. The van der Waals surface area contributed by atoms with Crippen LogP contribution >= 0.6 is 11.6 Å². The minimum atomic E-state index is -0.884. The first-order valence-electron chi connectivity index (χ1n) is 12.2. The predicted octanol–water partition coefficient (Wildman–Crippen LogP) is 5.05. The van der Waals surface area contributed by atoms with E-state index in [1.165, 1.54) is 16.7 Å². The quantitative estimate of drug-likeness (QED) is 0.296. The van der Waals surface area contributed by atoms with Crippen LogP contribution in [-0.2, 0) is 10.8 Å². The molecule has 0 aliphatic rings. The molecule has 6 heteroatoms. The number of hydrogen-bond acceptors (Lipinski definition) is 5. The standard InChI is InChI=1S/C30H37ClO5/c1-29(2,23-9-13-27(14-10-23)35-19-25(33)17-31)21-5-7-22(8-6-21)30(3,4)24-11-15-28(16-12-24)36-20-26(34)18-32/h5-16,25-26,32-34H,17-20H2,1-4H3. The number of benzene rings is 3. The van der Waals surface area contributed by atoms with Gasteiger partial charge in [-0.15, -0.1) is 11.6 Å². The number of halogens is 1. The monoisotopic (exact) mass is 512 g/mol. The van der Waals surface area contributed by atoms with Gasteiger partial charge in [-0.25, -0.2) is 0 Å². The Kier molecular flexibility index (Phi) is 9.42. The first-order chi connectivity index (χ1) is 17.1. The summed E-state index contributed by atoms with van der Waals surface area (Å²) in [7, 11) is 0. The third-order valence-corrected chi connectivity index (χ3v) is 7.11. The minimum absolute atomic E-state index is 0.0589. The van der Waals surface area contributed by atoms with Crippen molar-refractivity contribution in [3.05, 3.63) is 95.1 Å². The maximum absolute atomic E-state index is 9.59. The number of alkyl halides is 1. The van der Waals surface area contributed by atoms with Crippen molar-refractivity contribution in [2.24, 2.45) is 0 Å². The van der Waals surface area contributed by atoms with E-state index in [1.54, 1.807) is 0 Å². The predicted molar refractivity (Wildman–Crippen MR) is 144 cm³/mol. The molecule has 5 nitrogen and oxygen atoms in total. The summed E-state index contributed by atoms with van der Waals surface area (Å²) >= 11 is 5.63. The Bertz CT molecular complexity index is 987. The lowest BCUT2D eigenvalue weighted by Gasteiger charge is -2.29. The normalized spacial score (nSPS) is 13.8. The van der Waals surface area contributed by atoms with Crippen molar-refractivity contribution in [3.8, 4) is 11.5 Å². The molecule has 3 aromatic rings. The second-order valence-electron chi connectivity index (χ2n) is 10.1. The zero-order valence-corrected chi connectivity index (χ0v) is 22.2. The number of ether oxygens (including phenoxy) is 2. The molecule has 0 spiro atoms. The first-order valence-corrected chi connectivity index (χ1v) is 12.7. The van der Waals surface area contributed by atoms with Crippen molar-refractivity contribution in [1.82, 2.24) is 0 Å². The molecule has 0 saturated heterocycles. The summed E-state index contributed by atoms with van der Waals surface area (Å²) in [5.74, 6) is 1.51. The molecule has 0 amide bonds. The van der Waals surface area contributed by atoms with Gasteiger partial charge in [-0.3, -0.25) is 0 Å². The van der Waals surface area contributed by atoms with E-state index in [0.717, 1.165) is 5.56 Å². The van der Waals surface area contributed by atoms with Crippen LogP contribution in [0.4, 0.5) is 0 Å². The second-order valence-corrected chi connectivity index (χ2v) is 10.5. The first kappa shape index (κ1) is 28.0. The molecule has 3 aromatic carbocycles. The molecule has 36 heavy (non-hydrogen) atoms.